The molecule has 2 unspecified atom stereocenters. The average Bonchev–Trinajstić information content (AvgIpc) is 2.74. The Morgan fingerprint density at radius 2 is 2.24 bits per heavy atom. The molecule has 2 atom stereocenters. The Hall–Kier alpha value is -0.910. The third kappa shape index (κ3) is 4.85. The van der Waals surface area contributed by atoms with Crippen LogP contribution in [0.3, 0.4) is 0 Å². The maximum atomic E-state index is 9.84. The lowest BCUT2D eigenvalue weighted by molar-refractivity contribution is -0.0357. The molecule has 1 heterocycles. The lowest BCUT2D eigenvalue weighted by Gasteiger charge is -2.17. The zero-order chi connectivity index (χ0) is 12.7. The third-order valence-corrected chi connectivity index (χ3v) is 2.50. The fourth-order valence-corrected chi connectivity index (χ4v) is 1.66. The van der Waals surface area contributed by atoms with Crippen molar-refractivity contribution in [1.82, 2.24) is 9.55 Å². The third-order valence-electron chi connectivity index (χ3n) is 2.50. The molecule has 5 nitrogen and oxygen atoms in total. The SMILES string of the molecule is CCc1nccn1CC(O)COC(C)COC. The van der Waals surface area contributed by atoms with Crippen LogP contribution in [0.1, 0.15) is 19.7 Å². The summed E-state index contributed by atoms with van der Waals surface area (Å²) in [4.78, 5) is 4.20. The molecule has 1 rings (SSSR count). The van der Waals surface area contributed by atoms with Crippen LogP contribution in [0.4, 0.5) is 0 Å². The molecule has 0 aromatic carbocycles. The highest BCUT2D eigenvalue weighted by Crippen LogP contribution is 2.02. The van der Waals surface area contributed by atoms with Crippen molar-refractivity contribution in [2.75, 3.05) is 20.3 Å². The molecule has 0 aliphatic heterocycles. The van der Waals surface area contributed by atoms with E-state index in [1.807, 2.05) is 24.6 Å². The minimum atomic E-state index is -0.520. The molecule has 1 N–H and O–H groups in total. The van der Waals surface area contributed by atoms with Crippen LogP contribution >= 0.6 is 0 Å². The summed E-state index contributed by atoms with van der Waals surface area (Å²) in [6, 6.07) is 0. The van der Waals surface area contributed by atoms with Crippen molar-refractivity contribution in [1.29, 1.82) is 0 Å². The van der Waals surface area contributed by atoms with Gasteiger partial charge in [0.15, 0.2) is 0 Å². The number of methoxy groups -OCH3 is 1. The molecule has 1 aromatic rings. The number of aryl methyl sites for hydroxylation is 1. The van der Waals surface area contributed by atoms with E-state index in [1.165, 1.54) is 0 Å². The summed E-state index contributed by atoms with van der Waals surface area (Å²) in [7, 11) is 1.63. The second-order valence-corrected chi connectivity index (χ2v) is 4.10. The quantitative estimate of drug-likeness (QED) is 0.734. The monoisotopic (exact) mass is 242 g/mol. The summed E-state index contributed by atoms with van der Waals surface area (Å²) >= 11 is 0. The summed E-state index contributed by atoms with van der Waals surface area (Å²) < 4.78 is 12.4. The van der Waals surface area contributed by atoms with Crippen molar-refractivity contribution in [2.24, 2.45) is 0 Å². The summed E-state index contributed by atoms with van der Waals surface area (Å²) in [6.45, 7) is 5.33. The van der Waals surface area contributed by atoms with Gasteiger partial charge >= 0.3 is 0 Å². The van der Waals surface area contributed by atoms with Gasteiger partial charge in [-0.05, 0) is 6.92 Å². The van der Waals surface area contributed by atoms with Crippen molar-refractivity contribution in [2.45, 2.75) is 39.0 Å². The molecule has 17 heavy (non-hydrogen) atoms. The summed E-state index contributed by atoms with van der Waals surface area (Å²) in [6.07, 6.45) is 3.97. The van der Waals surface area contributed by atoms with E-state index in [0.29, 0.717) is 19.8 Å². The predicted molar refractivity (Wildman–Crippen MR) is 64.9 cm³/mol. The molecule has 0 bridgehead atoms. The Labute approximate surface area is 102 Å². The maximum absolute atomic E-state index is 9.84. The molecule has 1 aromatic heterocycles. The topological polar surface area (TPSA) is 56.5 Å². The summed E-state index contributed by atoms with van der Waals surface area (Å²) in [5.41, 5.74) is 0. The van der Waals surface area contributed by atoms with Crippen molar-refractivity contribution < 1.29 is 14.6 Å². The van der Waals surface area contributed by atoms with Gasteiger partial charge in [-0.3, -0.25) is 0 Å². The van der Waals surface area contributed by atoms with Crippen molar-refractivity contribution in [3.05, 3.63) is 18.2 Å². The number of imidazole rings is 1. The van der Waals surface area contributed by atoms with E-state index in [2.05, 4.69) is 4.98 Å². The molecule has 0 aliphatic carbocycles. The van der Waals surface area contributed by atoms with Crippen LogP contribution in [0.25, 0.3) is 0 Å². The first-order valence-corrected chi connectivity index (χ1v) is 5.96. The van der Waals surface area contributed by atoms with E-state index >= 15 is 0 Å². The number of aromatic nitrogens is 2. The van der Waals surface area contributed by atoms with Crippen LogP contribution in [0.5, 0.6) is 0 Å². The van der Waals surface area contributed by atoms with Crippen LogP contribution in [-0.4, -0.2) is 47.2 Å². The molecular weight excluding hydrogens is 220 g/mol. The Bertz CT molecular complexity index is 314. The lowest BCUT2D eigenvalue weighted by atomic mass is 10.3. The fraction of sp³-hybridized carbons (Fsp3) is 0.750. The lowest BCUT2D eigenvalue weighted by Crippen LogP contribution is -2.26. The van der Waals surface area contributed by atoms with E-state index in [4.69, 9.17) is 9.47 Å². The molecule has 0 spiro atoms. The molecule has 0 aliphatic rings. The van der Waals surface area contributed by atoms with Crippen LogP contribution < -0.4 is 0 Å². The first-order valence-electron chi connectivity index (χ1n) is 5.96. The van der Waals surface area contributed by atoms with Gasteiger partial charge in [-0.2, -0.15) is 0 Å². The Kier molecular flexibility index (Phi) is 6.18. The van der Waals surface area contributed by atoms with E-state index in [-0.39, 0.29) is 6.10 Å². The van der Waals surface area contributed by atoms with Crippen LogP contribution in [0.2, 0.25) is 0 Å². The molecular formula is C12H22N2O3. The Morgan fingerprint density at radius 3 is 2.88 bits per heavy atom. The van der Waals surface area contributed by atoms with Crippen LogP contribution in [-0.2, 0) is 22.4 Å². The molecule has 0 radical (unpaired) electrons. The van der Waals surface area contributed by atoms with Gasteiger partial charge in [0.2, 0.25) is 0 Å². The Morgan fingerprint density at radius 1 is 1.47 bits per heavy atom. The first-order chi connectivity index (χ1) is 8.17. The van der Waals surface area contributed by atoms with E-state index in [9.17, 15) is 5.11 Å². The number of ether oxygens (including phenoxy) is 2. The smallest absolute Gasteiger partial charge is 0.108 e. The van der Waals surface area contributed by atoms with Gasteiger partial charge in [0.05, 0.1) is 32.0 Å². The standard InChI is InChI=1S/C12H22N2O3/c1-4-12-13-5-6-14(12)7-11(15)9-17-10(2)8-16-3/h5-6,10-11,15H,4,7-9H2,1-3H3. The molecule has 0 amide bonds. The first kappa shape index (κ1) is 14.2. The number of aliphatic hydroxyl groups is 1. The maximum Gasteiger partial charge on any atom is 0.108 e. The van der Waals surface area contributed by atoms with Gasteiger partial charge in [-0.15, -0.1) is 0 Å². The highest BCUT2D eigenvalue weighted by molar-refractivity contribution is 4.92. The van der Waals surface area contributed by atoms with Gasteiger partial charge in [0.1, 0.15) is 5.82 Å². The van der Waals surface area contributed by atoms with Gasteiger partial charge in [0, 0.05) is 25.9 Å². The predicted octanol–water partition coefficient (Wildman–Crippen LogP) is 0.858. The minimum Gasteiger partial charge on any atom is -0.389 e. The van der Waals surface area contributed by atoms with Crippen molar-refractivity contribution in [3.8, 4) is 0 Å². The highest BCUT2D eigenvalue weighted by Gasteiger charge is 2.10. The second-order valence-electron chi connectivity index (χ2n) is 4.10. The van der Waals surface area contributed by atoms with Crippen LogP contribution in [0, 0.1) is 0 Å². The summed E-state index contributed by atoms with van der Waals surface area (Å²) in [5, 5.41) is 9.84. The second kappa shape index (κ2) is 7.42. The zero-order valence-corrected chi connectivity index (χ0v) is 10.8. The van der Waals surface area contributed by atoms with E-state index in [1.54, 1.807) is 13.3 Å². The van der Waals surface area contributed by atoms with E-state index < -0.39 is 6.10 Å². The zero-order valence-electron chi connectivity index (χ0n) is 10.8. The fourth-order valence-electron chi connectivity index (χ4n) is 1.66. The Balaban J connectivity index is 2.32. The summed E-state index contributed by atoms with van der Waals surface area (Å²) in [5.74, 6) is 0.981. The normalized spacial score (nSPS) is 14.8. The van der Waals surface area contributed by atoms with Crippen LogP contribution in [0.15, 0.2) is 12.4 Å². The number of hydrogen-bond donors (Lipinski definition) is 1. The number of hydrogen-bond acceptors (Lipinski definition) is 4. The van der Waals surface area contributed by atoms with Crippen molar-refractivity contribution >= 4 is 0 Å². The molecule has 0 saturated carbocycles. The largest absolute Gasteiger partial charge is 0.389 e. The molecule has 5 heteroatoms. The van der Waals surface area contributed by atoms with E-state index in [0.717, 1.165) is 12.2 Å². The minimum absolute atomic E-state index is 0.00285. The highest BCUT2D eigenvalue weighted by atomic mass is 16.5. The average molecular weight is 242 g/mol. The number of aliphatic hydroxyl groups excluding tert-OH is 1. The molecule has 98 valence electrons. The van der Waals surface area contributed by atoms with Gasteiger partial charge in [0.25, 0.3) is 0 Å². The van der Waals surface area contributed by atoms with Gasteiger partial charge < -0.3 is 19.1 Å². The molecule has 0 fully saturated rings. The molecule has 0 saturated heterocycles. The van der Waals surface area contributed by atoms with Crippen molar-refractivity contribution in [3.63, 3.8) is 0 Å². The number of rotatable bonds is 8. The van der Waals surface area contributed by atoms with Gasteiger partial charge in [-0.25, -0.2) is 4.98 Å². The number of nitrogens with zero attached hydrogens (tertiary/aromatic N) is 2. The van der Waals surface area contributed by atoms with Gasteiger partial charge in [-0.1, -0.05) is 6.92 Å².